The van der Waals surface area contributed by atoms with Gasteiger partial charge in [-0.1, -0.05) is 11.6 Å². The largest absolute Gasteiger partial charge is 0.376 e. The van der Waals surface area contributed by atoms with E-state index in [4.69, 9.17) is 16.3 Å². The van der Waals surface area contributed by atoms with Crippen LogP contribution in [0.1, 0.15) is 23.2 Å². The number of halogens is 1. The predicted octanol–water partition coefficient (Wildman–Crippen LogP) is 1.96. The summed E-state index contributed by atoms with van der Waals surface area (Å²) in [6.45, 7) is 1.15. The Morgan fingerprint density at radius 3 is 2.68 bits per heavy atom. The molecule has 2 N–H and O–H groups in total. The van der Waals surface area contributed by atoms with Crippen molar-refractivity contribution in [3.8, 4) is 0 Å². The van der Waals surface area contributed by atoms with Gasteiger partial charge in [-0.25, -0.2) is 4.79 Å². The lowest BCUT2D eigenvalue weighted by molar-refractivity contribution is 0.0954. The van der Waals surface area contributed by atoms with Crippen molar-refractivity contribution in [1.29, 1.82) is 0 Å². The quantitative estimate of drug-likeness (QED) is 0.890. The Labute approximate surface area is 116 Å². The summed E-state index contributed by atoms with van der Waals surface area (Å²) in [5.74, 6) is -0.457. The third-order valence-electron chi connectivity index (χ3n) is 2.85. The monoisotopic (exact) mass is 282 g/mol. The summed E-state index contributed by atoms with van der Waals surface area (Å²) in [6.07, 6.45) is 2.00. The van der Waals surface area contributed by atoms with Crippen molar-refractivity contribution < 1.29 is 14.3 Å². The van der Waals surface area contributed by atoms with Crippen LogP contribution < -0.4 is 10.6 Å². The maximum Gasteiger partial charge on any atom is 0.321 e. The molecule has 0 radical (unpaired) electrons. The molecule has 0 aliphatic carbocycles. The predicted molar refractivity (Wildman–Crippen MR) is 71.3 cm³/mol. The van der Waals surface area contributed by atoms with Gasteiger partial charge in [0.25, 0.3) is 5.91 Å². The smallest absolute Gasteiger partial charge is 0.321 e. The van der Waals surface area contributed by atoms with Gasteiger partial charge in [-0.2, -0.15) is 0 Å². The van der Waals surface area contributed by atoms with Crippen molar-refractivity contribution in [2.24, 2.45) is 0 Å². The van der Waals surface area contributed by atoms with Gasteiger partial charge in [0.2, 0.25) is 0 Å². The van der Waals surface area contributed by atoms with Crippen molar-refractivity contribution in [1.82, 2.24) is 10.6 Å². The molecule has 0 saturated carbocycles. The molecule has 0 bridgehead atoms. The fourth-order valence-corrected chi connectivity index (χ4v) is 1.96. The van der Waals surface area contributed by atoms with Crippen LogP contribution in [0.4, 0.5) is 4.79 Å². The Hall–Kier alpha value is -1.59. The number of imide groups is 1. The first-order chi connectivity index (χ1) is 9.15. The minimum absolute atomic E-state index is 0.0522. The molecule has 1 fully saturated rings. The number of hydrogen-bond acceptors (Lipinski definition) is 3. The topological polar surface area (TPSA) is 67.4 Å². The lowest BCUT2D eigenvalue weighted by atomic mass is 10.2. The second kappa shape index (κ2) is 6.54. The van der Waals surface area contributed by atoms with E-state index < -0.39 is 11.9 Å². The Kier molecular flexibility index (Phi) is 4.76. The SMILES string of the molecule is O=C(NCC1CCCO1)NC(=O)c1ccc(Cl)cc1. The van der Waals surface area contributed by atoms with Crippen molar-refractivity contribution in [2.75, 3.05) is 13.2 Å². The summed E-state index contributed by atoms with van der Waals surface area (Å²) in [5.41, 5.74) is 0.386. The summed E-state index contributed by atoms with van der Waals surface area (Å²) in [5, 5.41) is 5.41. The maximum atomic E-state index is 11.7. The first-order valence-electron chi connectivity index (χ1n) is 6.11. The molecule has 1 aliphatic heterocycles. The van der Waals surface area contributed by atoms with E-state index in [9.17, 15) is 9.59 Å². The zero-order chi connectivity index (χ0) is 13.7. The van der Waals surface area contributed by atoms with E-state index in [0.29, 0.717) is 17.1 Å². The van der Waals surface area contributed by atoms with Gasteiger partial charge in [-0.3, -0.25) is 10.1 Å². The fraction of sp³-hybridized carbons (Fsp3) is 0.385. The first kappa shape index (κ1) is 13.8. The molecule has 1 saturated heterocycles. The van der Waals surface area contributed by atoms with Crippen molar-refractivity contribution in [3.05, 3.63) is 34.9 Å². The van der Waals surface area contributed by atoms with Gasteiger partial charge in [0.05, 0.1) is 6.10 Å². The highest BCUT2D eigenvalue weighted by Crippen LogP contribution is 2.11. The van der Waals surface area contributed by atoms with Gasteiger partial charge < -0.3 is 10.1 Å². The Morgan fingerprint density at radius 1 is 1.32 bits per heavy atom. The average molecular weight is 283 g/mol. The maximum absolute atomic E-state index is 11.7. The number of ether oxygens (including phenoxy) is 1. The summed E-state index contributed by atoms with van der Waals surface area (Å²) < 4.78 is 5.36. The molecule has 6 heteroatoms. The van der Waals surface area contributed by atoms with E-state index in [1.54, 1.807) is 24.3 Å². The van der Waals surface area contributed by atoms with Crippen molar-refractivity contribution >= 4 is 23.5 Å². The molecule has 102 valence electrons. The van der Waals surface area contributed by atoms with Crippen LogP contribution in [0.2, 0.25) is 5.02 Å². The molecule has 5 nitrogen and oxygen atoms in total. The van der Waals surface area contributed by atoms with Crippen LogP contribution >= 0.6 is 11.6 Å². The summed E-state index contributed by atoms with van der Waals surface area (Å²) in [4.78, 5) is 23.2. The molecule has 19 heavy (non-hydrogen) atoms. The van der Waals surface area contributed by atoms with Gasteiger partial charge in [-0.05, 0) is 37.1 Å². The van der Waals surface area contributed by atoms with Crippen LogP contribution in [0.5, 0.6) is 0 Å². The van der Waals surface area contributed by atoms with E-state index in [0.717, 1.165) is 19.4 Å². The average Bonchev–Trinajstić information content (AvgIpc) is 2.90. The molecule has 1 atom stereocenters. The molecule has 1 aliphatic rings. The Bertz CT molecular complexity index is 455. The number of rotatable bonds is 3. The normalized spacial score (nSPS) is 18.1. The van der Waals surface area contributed by atoms with E-state index in [2.05, 4.69) is 10.6 Å². The molecule has 1 aromatic carbocycles. The molecule has 0 spiro atoms. The van der Waals surface area contributed by atoms with Crippen LogP contribution in [0.15, 0.2) is 24.3 Å². The number of amides is 3. The summed E-state index contributed by atoms with van der Waals surface area (Å²) in [6, 6.07) is 5.80. The zero-order valence-corrected chi connectivity index (χ0v) is 11.1. The van der Waals surface area contributed by atoms with Crippen LogP contribution in [0, 0.1) is 0 Å². The molecule has 3 amide bonds. The number of hydrogen-bond donors (Lipinski definition) is 2. The number of benzene rings is 1. The highest BCUT2D eigenvalue weighted by molar-refractivity contribution is 6.30. The van der Waals surface area contributed by atoms with Gasteiger partial charge in [0, 0.05) is 23.7 Å². The third-order valence-corrected chi connectivity index (χ3v) is 3.10. The second-order valence-electron chi connectivity index (χ2n) is 4.31. The zero-order valence-electron chi connectivity index (χ0n) is 10.3. The van der Waals surface area contributed by atoms with E-state index in [1.807, 2.05) is 0 Å². The molecule has 1 unspecified atom stereocenters. The van der Waals surface area contributed by atoms with Gasteiger partial charge >= 0.3 is 6.03 Å². The molecule has 1 aromatic rings. The molecule has 1 heterocycles. The van der Waals surface area contributed by atoms with Crippen LogP contribution in [0.25, 0.3) is 0 Å². The van der Waals surface area contributed by atoms with Gasteiger partial charge in [-0.15, -0.1) is 0 Å². The molecular formula is C13H15ClN2O3. The highest BCUT2D eigenvalue weighted by Gasteiger charge is 2.17. The first-order valence-corrected chi connectivity index (χ1v) is 6.49. The number of urea groups is 1. The van der Waals surface area contributed by atoms with E-state index in [1.165, 1.54) is 0 Å². The van der Waals surface area contributed by atoms with Crippen molar-refractivity contribution in [2.45, 2.75) is 18.9 Å². The molecular weight excluding hydrogens is 268 g/mol. The van der Waals surface area contributed by atoms with E-state index in [-0.39, 0.29) is 6.10 Å². The summed E-state index contributed by atoms with van der Waals surface area (Å²) >= 11 is 5.72. The lowest BCUT2D eigenvalue weighted by Crippen LogP contribution is -2.42. The number of nitrogens with one attached hydrogen (secondary N) is 2. The molecule has 0 aromatic heterocycles. The minimum Gasteiger partial charge on any atom is -0.376 e. The van der Waals surface area contributed by atoms with Crippen LogP contribution in [-0.2, 0) is 4.74 Å². The number of carbonyl (C=O) groups excluding carboxylic acids is 2. The van der Waals surface area contributed by atoms with Crippen LogP contribution in [0.3, 0.4) is 0 Å². The standard InChI is InChI=1S/C13H15ClN2O3/c14-10-5-3-9(4-6-10)12(17)16-13(18)15-8-11-2-1-7-19-11/h3-6,11H,1-2,7-8H2,(H2,15,16,17,18). The third kappa shape index (κ3) is 4.22. The minimum atomic E-state index is -0.518. The highest BCUT2D eigenvalue weighted by atomic mass is 35.5. The number of carbonyl (C=O) groups is 2. The van der Waals surface area contributed by atoms with Gasteiger partial charge in [0.1, 0.15) is 0 Å². The summed E-state index contributed by atoms with van der Waals surface area (Å²) in [7, 11) is 0. The Balaban J connectivity index is 1.77. The van der Waals surface area contributed by atoms with E-state index >= 15 is 0 Å². The Morgan fingerprint density at radius 2 is 2.05 bits per heavy atom. The van der Waals surface area contributed by atoms with Gasteiger partial charge in [0.15, 0.2) is 0 Å². The fourth-order valence-electron chi connectivity index (χ4n) is 1.83. The van der Waals surface area contributed by atoms with Crippen LogP contribution in [-0.4, -0.2) is 31.2 Å². The lowest BCUT2D eigenvalue weighted by Gasteiger charge is -2.11. The molecule has 2 rings (SSSR count). The van der Waals surface area contributed by atoms with Crippen molar-refractivity contribution in [3.63, 3.8) is 0 Å². The second-order valence-corrected chi connectivity index (χ2v) is 4.74.